The number of esters is 2. The number of hydrogen-bond acceptors (Lipinski definition) is 6. The molecule has 2 rings (SSSR count). The van der Waals surface area contributed by atoms with Crippen LogP contribution in [0.2, 0.25) is 0 Å². The minimum Gasteiger partial charge on any atom is -0.490 e. The highest BCUT2D eigenvalue weighted by molar-refractivity contribution is 6.07. The molecular weight excluding hydrogens is 552 g/mol. The molecule has 44 heavy (non-hydrogen) atoms. The van der Waals surface area contributed by atoms with E-state index in [-0.39, 0.29) is 29.2 Å². The molecule has 0 aliphatic heterocycles. The second kappa shape index (κ2) is 13.7. The third-order valence-electron chi connectivity index (χ3n) is 7.97. The lowest BCUT2D eigenvalue weighted by molar-refractivity contribution is -0.143. The highest BCUT2D eigenvalue weighted by Crippen LogP contribution is 2.50. The van der Waals surface area contributed by atoms with Gasteiger partial charge in [-0.25, -0.2) is 0 Å². The summed E-state index contributed by atoms with van der Waals surface area (Å²) in [5.41, 5.74) is 0.828. The largest absolute Gasteiger partial charge is 0.490 e. The van der Waals surface area contributed by atoms with E-state index in [4.69, 9.17) is 14.2 Å². The number of ether oxygens (including phenoxy) is 3. The highest BCUT2D eigenvalue weighted by Gasteiger charge is 2.37. The van der Waals surface area contributed by atoms with E-state index in [1.807, 2.05) is 40.7 Å². The van der Waals surface area contributed by atoms with E-state index in [0.29, 0.717) is 22.8 Å². The molecule has 0 fully saturated rings. The van der Waals surface area contributed by atoms with E-state index in [1.165, 1.54) is 6.08 Å². The van der Waals surface area contributed by atoms with E-state index < -0.39 is 16.2 Å². The Labute approximate surface area is 265 Å². The van der Waals surface area contributed by atoms with Crippen molar-refractivity contribution in [3.05, 3.63) is 58.7 Å². The van der Waals surface area contributed by atoms with Crippen LogP contribution >= 0.6 is 0 Å². The average molecular weight is 607 g/mol. The van der Waals surface area contributed by atoms with E-state index in [2.05, 4.69) is 41.5 Å². The zero-order valence-electron chi connectivity index (χ0n) is 29.5. The van der Waals surface area contributed by atoms with Crippen LogP contribution in [0.25, 0.3) is 6.08 Å². The molecule has 0 spiro atoms. The summed E-state index contributed by atoms with van der Waals surface area (Å²) in [5, 5.41) is 0. The number of allylic oxidation sites excluding steroid dienone is 1. The normalized spacial score (nSPS) is 12.9. The van der Waals surface area contributed by atoms with Crippen molar-refractivity contribution in [3.8, 4) is 17.2 Å². The Morgan fingerprint density at radius 2 is 1.23 bits per heavy atom. The van der Waals surface area contributed by atoms with E-state index in [1.54, 1.807) is 51.1 Å². The van der Waals surface area contributed by atoms with Gasteiger partial charge in [0.25, 0.3) is 0 Å². The van der Waals surface area contributed by atoms with Crippen LogP contribution in [-0.2, 0) is 20.4 Å². The van der Waals surface area contributed by atoms with Crippen LogP contribution < -0.4 is 14.2 Å². The second-order valence-electron chi connectivity index (χ2n) is 15.2. The molecule has 242 valence electrons. The zero-order valence-corrected chi connectivity index (χ0v) is 29.5. The molecule has 0 heterocycles. The van der Waals surface area contributed by atoms with Gasteiger partial charge in [0.05, 0.1) is 16.9 Å². The fourth-order valence-corrected chi connectivity index (χ4v) is 4.20. The van der Waals surface area contributed by atoms with Crippen molar-refractivity contribution in [2.24, 2.45) is 10.8 Å². The predicted octanol–water partition coefficient (Wildman–Crippen LogP) is 9.65. The highest BCUT2D eigenvalue weighted by atomic mass is 16.5. The lowest BCUT2D eigenvalue weighted by atomic mass is 9.74. The maximum absolute atomic E-state index is 13.3. The SMILES string of the molecule is CCC(C)(C)c1cc(C=CC(=O)c2ccc(OC(=O)C(C)(C)C)cc2)c(OC(C)C)c(C(C)(C)CC)c1OC(=O)C(C)(C)C. The van der Waals surface area contributed by atoms with Gasteiger partial charge in [0.1, 0.15) is 17.2 Å². The van der Waals surface area contributed by atoms with Gasteiger partial charge in [-0.15, -0.1) is 0 Å². The van der Waals surface area contributed by atoms with Gasteiger partial charge in [-0.2, -0.15) is 0 Å². The smallest absolute Gasteiger partial charge is 0.316 e. The Balaban J connectivity index is 2.76. The fraction of sp³-hybridized carbons (Fsp3) is 0.553. The quantitative estimate of drug-likeness (QED) is 0.110. The number of ketones is 1. The molecule has 0 aliphatic carbocycles. The monoisotopic (exact) mass is 606 g/mol. The number of rotatable bonds is 11. The van der Waals surface area contributed by atoms with Crippen molar-refractivity contribution in [2.45, 2.75) is 127 Å². The molecule has 2 aromatic rings. The third kappa shape index (κ3) is 9.06. The molecule has 6 nitrogen and oxygen atoms in total. The summed E-state index contributed by atoms with van der Waals surface area (Å²) in [6.45, 7) is 27.6. The molecule has 0 aliphatic rings. The summed E-state index contributed by atoms with van der Waals surface area (Å²) >= 11 is 0. The van der Waals surface area contributed by atoms with Crippen molar-refractivity contribution >= 4 is 23.8 Å². The first-order valence-corrected chi connectivity index (χ1v) is 15.7. The summed E-state index contributed by atoms with van der Waals surface area (Å²) in [4.78, 5) is 38.9. The first kappa shape index (κ1) is 36.8. The van der Waals surface area contributed by atoms with Gasteiger partial charge >= 0.3 is 11.9 Å². The maximum atomic E-state index is 13.3. The lowest BCUT2D eigenvalue weighted by Crippen LogP contribution is -2.30. The number of carbonyl (C=O) groups excluding carboxylic acids is 3. The first-order valence-electron chi connectivity index (χ1n) is 15.7. The minimum absolute atomic E-state index is 0.163. The molecule has 0 aromatic heterocycles. The Bertz CT molecular complexity index is 1380. The number of hydrogen-bond donors (Lipinski definition) is 0. The lowest BCUT2D eigenvalue weighted by Gasteiger charge is -2.35. The van der Waals surface area contributed by atoms with Gasteiger partial charge in [0, 0.05) is 22.3 Å². The standard InChI is InChI=1S/C38H54O6/c1-15-37(11,12)28-23-26(19-22-29(39)25-17-20-27(21-18-25)43-33(40)35(5,6)7)31(42-24(3)4)30(38(13,14)16-2)32(28)44-34(41)36(8,9)10/h17-24H,15-16H2,1-14H3. The minimum atomic E-state index is -0.702. The van der Waals surface area contributed by atoms with Crippen LogP contribution in [0.15, 0.2) is 36.4 Å². The summed E-state index contributed by atoms with van der Waals surface area (Å²) in [6.07, 6.45) is 4.73. The van der Waals surface area contributed by atoms with Crippen molar-refractivity contribution in [3.63, 3.8) is 0 Å². The zero-order chi connectivity index (χ0) is 33.8. The van der Waals surface area contributed by atoms with Gasteiger partial charge in [-0.3, -0.25) is 14.4 Å². The van der Waals surface area contributed by atoms with E-state index in [9.17, 15) is 14.4 Å². The molecule has 0 amide bonds. The molecule has 0 bridgehead atoms. The molecule has 0 saturated heterocycles. The molecule has 2 aromatic carbocycles. The van der Waals surface area contributed by atoms with Crippen LogP contribution in [0.4, 0.5) is 0 Å². The van der Waals surface area contributed by atoms with Crippen molar-refractivity contribution in [1.82, 2.24) is 0 Å². The average Bonchev–Trinajstić information content (AvgIpc) is 2.91. The van der Waals surface area contributed by atoms with Crippen molar-refractivity contribution < 1.29 is 28.6 Å². The van der Waals surface area contributed by atoms with E-state index in [0.717, 1.165) is 29.5 Å². The molecule has 0 N–H and O–H groups in total. The Kier molecular flexibility index (Phi) is 11.5. The summed E-state index contributed by atoms with van der Waals surface area (Å²) in [5.74, 6) is 0.670. The Morgan fingerprint density at radius 1 is 0.727 bits per heavy atom. The fourth-order valence-electron chi connectivity index (χ4n) is 4.20. The van der Waals surface area contributed by atoms with Gasteiger partial charge < -0.3 is 14.2 Å². The topological polar surface area (TPSA) is 78.9 Å². The summed E-state index contributed by atoms with van der Waals surface area (Å²) in [6, 6.07) is 8.55. The van der Waals surface area contributed by atoms with Gasteiger partial charge in [-0.1, -0.05) is 41.5 Å². The Morgan fingerprint density at radius 3 is 1.68 bits per heavy atom. The van der Waals surface area contributed by atoms with Gasteiger partial charge in [-0.05, 0) is 122 Å². The predicted molar refractivity (Wildman–Crippen MR) is 179 cm³/mol. The molecule has 0 saturated carbocycles. The summed E-state index contributed by atoms with van der Waals surface area (Å²) in [7, 11) is 0. The second-order valence-corrected chi connectivity index (χ2v) is 15.2. The van der Waals surface area contributed by atoms with E-state index >= 15 is 0 Å². The number of benzene rings is 2. The number of carbonyl (C=O) groups is 3. The van der Waals surface area contributed by atoms with Gasteiger partial charge in [0.2, 0.25) is 0 Å². The van der Waals surface area contributed by atoms with Crippen LogP contribution in [0.5, 0.6) is 17.2 Å². The molecule has 6 heteroatoms. The van der Waals surface area contributed by atoms with Crippen LogP contribution in [0.1, 0.15) is 137 Å². The van der Waals surface area contributed by atoms with Gasteiger partial charge in [0.15, 0.2) is 5.78 Å². The third-order valence-corrected chi connectivity index (χ3v) is 7.97. The van der Waals surface area contributed by atoms with Crippen LogP contribution in [0.3, 0.4) is 0 Å². The molecule has 0 unspecified atom stereocenters. The van der Waals surface area contributed by atoms with Crippen LogP contribution in [-0.4, -0.2) is 23.8 Å². The van der Waals surface area contributed by atoms with Crippen LogP contribution in [0, 0.1) is 10.8 Å². The molecule has 0 radical (unpaired) electrons. The first-order chi connectivity index (χ1) is 20.0. The Hall–Kier alpha value is -3.41. The summed E-state index contributed by atoms with van der Waals surface area (Å²) < 4.78 is 18.2. The maximum Gasteiger partial charge on any atom is 0.316 e. The molecule has 0 atom stereocenters. The molecular formula is C38H54O6. The van der Waals surface area contributed by atoms with Crippen molar-refractivity contribution in [1.29, 1.82) is 0 Å². The van der Waals surface area contributed by atoms with Crippen molar-refractivity contribution in [2.75, 3.05) is 0 Å².